The van der Waals surface area contributed by atoms with E-state index in [2.05, 4.69) is 73.5 Å². The largest absolute Gasteiger partial charge is 0.356 e. The first-order valence-electron chi connectivity index (χ1n) is 7.86. The summed E-state index contributed by atoms with van der Waals surface area (Å²) in [5, 5.41) is 12.2. The molecule has 0 spiro atoms. The molecule has 0 atom stereocenters. The third kappa shape index (κ3) is 4.13. The summed E-state index contributed by atoms with van der Waals surface area (Å²) >= 11 is 1.72. The number of benzene rings is 1. The van der Waals surface area contributed by atoms with Gasteiger partial charge in [0.25, 0.3) is 0 Å². The lowest BCUT2D eigenvalue weighted by Crippen LogP contribution is -2.37. The number of nitrogens with one attached hydrogen (secondary N) is 2. The molecule has 0 radical (unpaired) electrons. The molecule has 0 aliphatic rings. The first kappa shape index (κ1) is 15.6. The molecule has 0 unspecified atom stereocenters. The molecule has 0 fully saturated rings. The van der Waals surface area contributed by atoms with E-state index in [4.69, 9.17) is 0 Å². The van der Waals surface area contributed by atoms with Crippen LogP contribution in [-0.4, -0.2) is 24.1 Å². The predicted molar refractivity (Wildman–Crippen MR) is 99.1 cm³/mol. The summed E-state index contributed by atoms with van der Waals surface area (Å²) in [5.74, 6) is 0.855. The zero-order chi connectivity index (χ0) is 15.9. The van der Waals surface area contributed by atoms with Gasteiger partial charge in [0.05, 0.1) is 0 Å². The van der Waals surface area contributed by atoms with Crippen LogP contribution in [0.15, 0.2) is 58.3 Å². The van der Waals surface area contributed by atoms with Crippen molar-refractivity contribution >= 4 is 28.2 Å². The van der Waals surface area contributed by atoms with E-state index in [1.807, 2.05) is 7.05 Å². The molecular formula is C18H22N4S. The van der Waals surface area contributed by atoms with Crippen LogP contribution < -0.4 is 10.6 Å². The molecule has 3 rings (SSSR count). The molecule has 2 N–H and O–H groups in total. The lowest BCUT2D eigenvalue weighted by Gasteiger charge is -2.12. The lowest BCUT2D eigenvalue weighted by molar-refractivity contribution is 0.641. The Morgan fingerprint density at radius 2 is 2.09 bits per heavy atom. The second-order valence-electron chi connectivity index (χ2n) is 5.41. The Balaban J connectivity index is 1.43. The molecule has 2 heterocycles. The van der Waals surface area contributed by atoms with Crippen LogP contribution in [0, 0.1) is 0 Å². The van der Waals surface area contributed by atoms with Crippen LogP contribution in [0.3, 0.4) is 0 Å². The van der Waals surface area contributed by atoms with Crippen molar-refractivity contribution in [1.29, 1.82) is 0 Å². The average Bonchev–Trinajstić information content (AvgIpc) is 3.24. The van der Waals surface area contributed by atoms with Crippen LogP contribution >= 0.6 is 11.3 Å². The van der Waals surface area contributed by atoms with Gasteiger partial charge in [0, 0.05) is 38.4 Å². The molecule has 2 aromatic heterocycles. The lowest BCUT2D eigenvalue weighted by atomic mass is 10.2. The van der Waals surface area contributed by atoms with Crippen molar-refractivity contribution < 1.29 is 0 Å². The SMILES string of the molecule is CN=C(NCCCn1ccc2ccccc21)NCc1ccsc1. The molecule has 5 heteroatoms. The van der Waals surface area contributed by atoms with Crippen molar-refractivity contribution in [2.75, 3.05) is 13.6 Å². The van der Waals surface area contributed by atoms with Gasteiger partial charge in [-0.25, -0.2) is 0 Å². The number of fused-ring (bicyclic) bond motifs is 1. The van der Waals surface area contributed by atoms with Gasteiger partial charge < -0.3 is 15.2 Å². The summed E-state index contributed by atoms with van der Waals surface area (Å²) in [6.45, 7) is 2.71. The second kappa shape index (κ2) is 7.83. The predicted octanol–water partition coefficient (Wildman–Crippen LogP) is 3.46. The summed E-state index contributed by atoms with van der Waals surface area (Å²) in [5.41, 5.74) is 2.59. The molecular weight excluding hydrogens is 304 g/mol. The molecule has 23 heavy (non-hydrogen) atoms. The van der Waals surface area contributed by atoms with Crippen molar-refractivity contribution in [2.45, 2.75) is 19.5 Å². The molecule has 0 bridgehead atoms. The van der Waals surface area contributed by atoms with E-state index in [0.717, 1.165) is 32.0 Å². The number of aliphatic imine (C=N–C) groups is 1. The van der Waals surface area contributed by atoms with Gasteiger partial charge in [-0.1, -0.05) is 18.2 Å². The van der Waals surface area contributed by atoms with Crippen molar-refractivity contribution in [3.8, 4) is 0 Å². The fraction of sp³-hybridized carbons (Fsp3) is 0.278. The number of para-hydroxylation sites is 1. The number of guanidine groups is 1. The fourth-order valence-electron chi connectivity index (χ4n) is 2.59. The summed E-state index contributed by atoms with van der Waals surface area (Å²) in [7, 11) is 1.81. The number of thiophene rings is 1. The number of hydrogen-bond donors (Lipinski definition) is 2. The first-order valence-corrected chi connectivity index (χ1v) is 8.80. The monoisotopic (exact) mass is 326 g/mol. The van der Waals surface area contributed by atoms with Crippen LogP contribution in [0.5, 0.6) is 0 Å². The van der Waals surface area contributed by atoms with Crippen molar-refractivity contribution in [1.82, 2.24) is 15.2 Å². The second-order valence-corrected chi connectivity index (χ2v) is 6.19. The highest BCUT2D eigenvalue weighted by molar-refractivity contribution is 7.07. The number of aryl methyl sites for hydroxylation is 1. The highest BCUT2D eigenvalue weighted by Crippen LogP contribution is 2.15. The maximum absolute atomic E-state index is 4.26. The third-order valence-corrected chi connectivity index (χ3v) is 4.54. The molecule has 0 amide bonds. The third-order valence-electron chi connectivity index (χ3n) is 3.81. The van der Waals surface area contributed by atoms with E-state index in [9.17, 15) is 0 Å². The zero-order valence-electron chi connectivity index (χ0n) is 13.3. The molecule has 120 valence electrons. The molecule has 1 aromatic carbocycles. The van der Waals surface area contributed by atoms with Crippen LogP contribution in [0.1, 0.15) is 12.0 Å². The first-order chi connectivity index (χ1) is 11.4. The van der Waals surface area contributed by atoms with Crippen LogP contribution in [0.2, 0.25) is 0 Å². The van der Waals surface area contributed by atoms with E-state index in [1.54, 1.807) is 11.3 Å². The van der Waals surface area contributed by atoms with E-state index < -0.39 is 0 Å². The minimum Gasteiger partial charge on any atom is -0.356 e. The topological polar surface area (TPSA) is 41.4 Å². The summed E-state index contributed by atoms with van der Waals surface area (Å²) in [6.07, 6.45) is 3.21. The molecule has 0 aliphatic heterocycles. The van der Waals surface area contributed by atoms with Crippen molar-refractivity contribution in [3.63, 3.8) is 0 Å². The Hall–Kier alpha value is -2.27. The van der Waals surface area contributed by atoms with Gasteiger partial charge in [-0.05, 0) is 46.3 Å². The Morgan fingerprint density at radius 1 is 1.17 bits per heavy atom. The quantitative estimate of drug-likeness (QED) is 0.414. The highest BCUT2D eigenvalue weighted by atomic mass is 32.1. The maximum Gasteiger partial charge on any atom is 0.191 e. The summed E-state index contributed by atoms with van der Waals surface area (Å²) in [4.78, 5) is 4.26. The minimum absolute atomic E-state index is 0.811. The van der Waals surface area contributed by atoms with E-state index in [0.29, 0.717) is 0 Å². The Kier molecular flexibility index (Phi) is 5.32. The van der Waals surface area contributed by atoms with Crippen LogP contribution in [0.25, 0.3) is 10.9 Å². The molecule has 0 aliphatic carbocycles. The molecule has 4 nitrogen and oxygen atoms in total. The van der Waals surface area contributed by atoms with E-state index in [-0.39, 0.29) is 0 Å². The van der Waals surface area contributed by atoms with Crippen molar-refractivity contribution in [3.05, 3.63) is 58.9 Å². The number of aromatic nitrogens is 1. The fourth-order valence-corrected chi connectivity index (χ4v) is 3.26. The van der Waals surface area contributed by atoms with Crippen LogP contribution in [-0.2, 0) is 13.1 Å². The van der Waals surface area contributed by atoms with Gasteiger partial charge in [0.2, 0.25) is 0 Å². The standard InChI is InChI=1S/C18H22N4S/c1-19-18(21-13-15-8-12-23-14-15)20-9-4-10-22-11-7-16-5-2-3-6-17(16)22/h2-3,5-8,11-12,14H,4,9-10,13H2,1H3,(H2,19,20,21). The zero-order valence-corrected chi connectivity index (χ0v) is 14.1. The average molecular weight is 326 g/mol. The summed E-state index contributed by atoms with van der Waals surface area (Å²) in [6, 6.07) is 12.8. The van der Waals surface area contributed by atoms with E-state index in [1.165, 1.54) is 16.5 Å². The maximum atomic E-state index is 4.26. The van der Waals surface area contributed by atoms with Gasteiger partial charge >= 0.3 is 0 Å². The number of nitrogens with zero attached hydrogens (tertiary/aromatic N) is 2. The number of rotatable bonds is 6. The Labute approximate surface area is 140 Å². The minimum atomic E-state index is 0.811. The van der Waals surface area contributed by atoms with Gasteiger partial charge in [0.1, 0.15) is 0 Å². The van der Waals surface area contributed by atoms with E-state index >= 15 is 0 Å². The van der Waals surface area contributed by atoms with Crippen molar-refractivity contribution in [2.24, 2.45) is 4.99 Å². The number of hydrogen-bond acceptors (Lipinski definition) is 2. The van der Waals surface area contributed by atoms with Gasteiger partial charge in [0.15, 0.2) is 5.96 Å². The molecule has 0 saturated heterocycles. The van der Waals surface area contributed by atoms with Crippen LogP contribution in [0.4, 0.5) is 0 Å². The van der Waals surface area contributed by atoms with Gasteiger partial charge in [-0.3, -0.25) is 4.99 Å². The summed E-state index contributed by atoms with van der Waals surface area (Å²) < 4.78 is 2.30. The Morgan fingerprint density at radius 3 is 2.91 bits per heavy atom. The molecule has 3 aromatic rings. The normalized spacial score (nSPS) is 11.8. The highest BCUT2D eigenvalue weighted by Gasteiger charge is 2.01. The van der Waals surface area contributed by atoms with Gasteiger partial charge in [-0.2, -0.15) is 11.3 Å². The molecule has 0 saturated carbocycles. The Bertz CT molecular complexity index is 758. The van der Waals surface area contributed by atoms with Gasteiger partial charge in [-0.15, -0.1) is 0 Å². The smallest absolute Gasteiger partial charge is 0.191 e.